The minimum atomic E-state index is -4.71. The van der Waals surface area contributed by atoms with Gasteiger partial charge in [0.05, 0.1) is 22.9 Å². The summed E-state index contributed by atoms with van der Waals surface area (Å²) >= 11 is 12.6. The van der Waals surface area contributed by atoms with Crippen LogP contribution in [0.2, 0.25) is 10.0 Å². The molecule has 1 saturated heterocycles. The highest BCUT2D eigenvalue weighted by Gasteiger charge is 2.32. The van der Waals surface area contributed by atoms with Crippen molar-refractivity contribution in [2.45, 2.75) is 25.6 Å². The Bertz CT molecular complexity index is 1990. The summed E-state index contributed by atoms with van der Waals surface area (Å²) < 4.78 is 40.5. The molecule has 13 heteroatoms. The first-order chi connectivity index (χ1) is 22.3. The number of nitrogens with one attached hydrogen (secondary N) is 1. The van der Waals surface area contributed by atoms with Gasteiger partial charge in [-0.15, -0.1) is 0 Å². The SMILES string of the molecule is CN(Cc1cc(Cl)cc(-c2cc(-c3cc(C(F)(F)F)ccc3Cl)c(C#N)c(=O)[nH]2)c1O)C(=O)C1CCN(c2ccc(C#N)cc2)CC1. The molecule has 1 aromatic heterocycles. The van der Waals surface area contributed by atoms with Crippen molar-refractivity contribution in [2.75, 3.05) is 25.0 Å². The van der Waals surface area contributed by atoms with Crippen molar-refractivity contribution < 1.29 is 23.1 Å². The van der Waals surface area contributed by atoms with Crippen LogP contribution in [0.1, 0.15) is 35.1 Å². The lowest BCUT2D eigenvalue weighted by Gasteiger charge is -2.34. The molecule has 4 aromatic rings. The van der Waals surface area contributed by atoms with Gasteiger partial charge in [0.2, 0.25) is 5.91 Å². The van der Waals surface area contributed by atoms with Gasteiger partial charge in [0.15, 0.2) is 0 Å². The van der Waals surface area contributed by atoms with Gasteiger partial charge < -0.3 is 19.9 Å². The van der Waals surface area contributed by atoms with Crippen LogP contribution >= 0.6 is 23.2 Å². The highest BCUT2D eigenvalue weighted by atomic mass is 35.5. The molecule has 2 N–H and O–H groups in total. The Morgan fingerprint density at radius 1 is 1.00 bits per heavy atom. The van der Waals surface area contributed by atoms with Crippen molar-refractivity contribution in [1.82, 2.24) is 9.88 Å². The number of nitriles is 2. The fourth-order valence-corrected chi connectivity index (χ4v) is 6.15. The Morgan fingerprint density at radius 2 is 1.68 bits per heavy atom. The Labute approximate surface area is 277 Å². The van der Waals surface area contributed by atoms with E-state index in [1.165, 1.54) is 23.1 Å². The van der Waals surface area contributed by atoms with Gasteiger partial charge >= 0.3 is 6.18 Å². The van der Waals surface area contributed by atoms with Gasteiger partial charge in [-0.2, -0.15) is 23.7 Å². The topological polar surface area (TPSA) is 124 Å². The summed E-state index contributed by atoms with van der Waals surface area (Å²) in [6.07, 6.45) is -3.51. The molecule has 0 spiro atoms. The number of hydrogen-bond donors (Lipinski definition) is 2. The number of H-pyrrole nitrogens is 1. The number of anilines is 1. The van der Waals surface area contributed by atoms with Crippen molar-refractivity contribution in [2.24, 2.45) is 5.92 Å². The monoisotopic (exact) mass is 679 g/mol. The molecule has 8 nitrogen and oxygen atoms in total. The molecule has 1 aliphatic rings. The molecule has 0 aliphatic carbocycles. The zero-order chi connectivity index (χ0) is 34.0. The average Bonchev–Trinajstić information content (AvgIpc) is 3.05. The molecule has 2 heterocycles. The number of amides is 1. The van der Waals surface area contributed by atoms with Crippen molar-refractivity contribution in [3.05, 3.63) is 103 Å². The Hall–Kier alpha value is -4.97. The minimum absolute atomic E-state index is 0.0251. The van der Waals surface area contributed by atoms with E-state index in [1.54, 1.807) is 25.2 Å². The lowest BCUT2D eigenvalue weighted by molar-refractivity contribution is -0.137. The van der Waals surface area contributed by atoms with Crippen LogP contribution in [0.3, 0.4) is 0 Å². The average molecular weight is 681 g/mol. The zero-order valence-electron chi connectivity index (χ0n) is 24.8. The number of carbonyl (C=O) groups excluding carboxylic acids is 1. The van der Waals surface area contributed by atoms with Crippen LogP contribution in [0.5, 0.6) is 5.75 Å². The number of halogens is 5. The maximum atomic E-state index is 13.5. The Kier molecular flexibility index (Phi) is 9.53. The molecule has 3 aromatic carbocycles. The summed E-state index contributed by atoms with van der Waals surface area (Å²) in [5, 5.41) is 30.1. The van der Waals surface area contributed by atoms with Crippen molar-refractivity contribution in [3.8, 4) is 40.3 Å². The number of phenolic OH excluding ortho intramolecular Hbond substituents is 1. The second-order valence-electron chi connectivity index (χ2n) is 11.2. The number of aromatic hydroxyl groups is 1. The number of phenols is 1. The number of hydrogen-bond acceptors (Lipinski definition) is 6. The van der Waals surface area contributed by atoms with Crippen LogP contribution in [0.15, 0.2) is 65.5 Å². The number of carbonyl (C=O) groups is 1. The molecule has 240 valence electrons. The standard InChI is InChI=1S/C34H26Cl2F3N5O3/c1-43(33(47)20-8-10-44(11-9-20)24-5-2-19(16-40)3-6-24)18-21-12-23(35)14-27(31(21)45)30-15-25(28(17-41)32(46)42-30)26-13-22(34(37,38)39)4-7-29(26)36/h2-7,12-15,20,45H,8-11,18H2,1H3,(H,42,46). The highest BCUT2D eigenvalue weighted by molar-refractivity contribution is 6.33. The van der Waals surface area contributed by atoms with Gasteiger partial charge in [-0.3, -0.25) is 9.59 Å². The van der Waals surface area contributed by atoms with E-state index in [1.807, 2.05) is 12.1 Å². The van der Waals surface area contributed by atoms with Crippen LogP contribution in [0.4, 0.5) is 18.9 Å². The molecule has 1 amide bonds. The van der Waals surface area contributed by atoms with E-state index < -0.39 is 22.9 Å². The number of rotatable bonds is 6. The van der Waals surface area contributed by atoms with Crippen molar-refractivity contribution in [3.63, 3.8) is 0 Å². The summed E-state index contributed by atoms with van der Waals surface area (Å²) in [6.45, 7) is 1.26. The lowest BCUT2D eigenvalue weighted by Crippen LogP contribution is -2.41. The van der Waals surface area contributed by atoms with Gasteiger partial charge in [0.1, 0.15) is 17.4 Å². The predicted molar refractivity (Wildman–Crippen MR) is 172 cm³/mol. The third kappa shape index (κ3) is 7.07. The van der Waals surface area contributed by atoms with Crippen molar-refractivity contribution in [1.29, 1.82) is 10.5 Å². The number of alkyl halides is 3. The van der Waals surface area contributed by atoms with E-state index in [9.17, 15) is 33.1 Å². The molecule has 1 fully saturated rings. The smallest absolute Gasteiger partial charge is 0.416 e. The molecule has 0 radical (unpaired) electrons. The van der Waals surface area contributed by atoms with E-state index in [-0.39, 0.29) is 62.1 Å². The molecule has 0 unspecified atom stereocenters. The van der Waals surface area contributed by atoms with E-state index in [4.69, 9.17) is 28.5 Å². The molecular weight excluding hydrogens is 654 g/mol. The Balaban J connectivity index is 1.40. The highest BCUT2D eigenvalue weighted by Crippen LogP contribution is 2.40. The van der Waals surface area contributed by atoms with Crippen LogP contribution < -0.4 is 10.5 Å². The summed E-state index contributed by atoms with van der Waals surface area (Å²) in [6, 6.07) is 17.7. The third-order valence-electron chi connectivity index (χ3n) is 8.16. The van der Waals surface area contributed by atoms with Crippen LogP contribution in [0, 0.1) is 28.6 Å². The third-order valence-corrected chi connectivity index (χ3v) is 8.71. The first kappa shape index (κ1) is 33.4. The van der Waals surface area contributed by atoms with Crippen LogP contribution in [-0.4, -0.2) is 41.0 Å². The molecule has 0 saturated carbocycles. The van der Waals surface area contributed by atoms with Gasteiger partial charge in [-0.25, -0.2) is 0 Å². The van der Waals surface area contributed by atoms with E-state index in [0.717, 1.165) is 23.9 Å². The normalized spacial score (nSPS) is 13.6. The number of pyridine rings is 1. The van der Waals surface area contributed by atoms with E-state index in [0.29, 0.717) is 31.5 Å². The second kappa shape index (κ2) is 13.4. The number of aromatic amines is 1. The van der Waals surface area contributed by atoms with Crippen LogP contribution in [-0.2, 0) is 17.5 Å². The quantitative estimate of drug-likeness (QED) is 0.219. The number of piperidine rings is 1. The summed E-state index contributed by atoms with van der Waals surface area (Å²) in [7, 11) is 1.60. The second-order valence-corrected chi connectivity index (χ2v) is 12.0. The van der Waals surface area contributed by atoms with E-state index >= 15 is 0 Å². The molecule has 1 aliphatic heterocycles. The van der Waals surface area contributed by atoms with Gasteiger partial charge in [0.25, 0.3) is 5.56 Å². The summed E-state index contributed by atoms with van der Waals surface area (Å²) in [4.78, 5) is 32.5. The number of benzene rings is 3. The van der Waals surface area contributed by atoms with Crippen LogP contribution in [0.25, 0.3) is 22.4 Å². The van der Waals surface area contributed by atoms with E-state index in [2.05, 4.69) is 16.0 Å². The maximum absolute atomic E-state index is 13.5. The molecule has 5 rings (SSSR count). The number of nitrogens with zero attached hydrogens (tertiary/aromatic N) is 4. The summed E-state index contributed by atoms with van der Waals surface area (Å²) in [5.41, 5.74) is -0.937. The first-order valence-corrected chi connectivity index (χ1v) is 15.1. The predicted octanol–water partition coefficient (Wildman–Crippen LogP) is 7.36. The maximum Gasteiger partial charge on any atom is 0.416 e. The molecular formula is C34H26Cl2F3N5O3. The van der Waals surface area contributed by atoms with Gasteiger partial charge in [0, 0.05) is 70.6 Å². The fraction of sp³-hybridized carbons (Fsp3) is 0.235. The summed E-state index contributed by atoms with van der Waals surface area (Å²) in [5.74, 6) is -0.699. The molecule has 0 atom stereocenters. The fourth-order valence-electron chi connectivity index (χ4n) is 5.69. The van der Waals surface area contributed by atoms with Gasteiger partial charge in [-0.1, -0.05) is 23.2 Å². The minimum Gasteiger partial charge on any atom is -0.507 e. The number of aromatic nitrogens is 1. The Morgan fingerprint density at radius 3 is 2.30 bits per heavy atom. The zero-order valence-corrected chi connectivity index (χ0v) is 26.3. The largest absolute Gasteiger partial charge is 0.507 e. The lowest BCUT2D eigenvalue weighted by atomic mass is 9.94. The molecule has 47 heavy (non-hydrogen) atoms. The van der Waals surface area contributed by atoms with Crippen molar-refractivity contribution >= 4 is 34.8 Å². The molecule has 0 bridgehead atoms. The first-order valence-electron chi connectivity index (χ1n) is 14.4. The van der Waals surface area contributed by atoms with Gasteiger partial charge in [-0.05, 0) is 73.5 Å².